The number of amides is 2. The van der Waals surface area contributed by atoms with Crippen LogP contribution in [-0.4, -0.2) is 32.6 Å². The molecule has 0 saturated carbocycles. The van der Waals surface area contributed by atoms with Crippen LogP contribution in [0.15, 0.2) is 54.1 Å². The van der Waals surface area contributed by atoms with E-state index in [1.54, 1.807) is 42.7 Å². The second kappa shape index (κ2) is 8.85. The molecule has 10 heteroatoms. The highest BCUT2D eigenvalue weighted by Crippen LogP contribution is 2.29. The van der Waals surface area contributed by atoms with Gasteiger partial charge in [-0.3, -0.25) is 19.8 Å². The number of carbonyl (C=O) groups excluding carboxylic acids is 2. The maximum absolute atomic E-state index is 13.6. The third kappa shape index (κ3) is 4.00. The molecule has 4 rings (SSSR count). The molecule has 0 spiro atoms. The van der Waals surface area contributed by atoms with Crippen molar-refractivity contribution in [2.45, 2.75) is 13.8 Å². The number of aromatic carboxylic acids is 1. The Morgan fingerprint density at radius 1 is 1.15 bits per heavy atom. The van der Waals surface area contributed by atoms with E-state index in [4.69, 9.17) is 23.8 Å². The Labute approximate surface area is 204 Å². The molecule has 0 atom stereocenters. The highest BCUT2D eigenvalue weighted by molar-refractivity contribution is 7.80. The highest BCUT2D eigenvalue weighted by Gasteiger charge is 2.35. The predicted octanol–water partition coefficient (Wildman–Crippen LogP) is 4.42. The molecule has 0 bridgehead atoms. The number of carbonyl (C=O) groups is 3. The molecule has 2 heterocycles. The molecule has 3 aromatic rings. The van der Waals surface area contributed by atoms with Gasteiger partial charge in [-0.2, -0.15) is 0 Å². The lowest BCUT2D eigenvalue weighted by molar-refractivity contribution is -0.122. The van der Waals surface area contributed by atoms with E-state index < -0.39 is 23.6 Å². The number of aromatic nitrogens is 1. The maximum atomic E-state index is 13.6. The number of hydrogen-bond donors (Lipinski definition) is 2. The Kier molecular flexibility index (Phi) is 6.07. The number of hydrogen-bond acceptors (Lipinski definition) is 4. The highest BCUT2D eigenvalue weighted by atomic mass is 35.5. The summed E-state index contributed by atoms with van der Waals surface area (Å²) >= 11 is 11.0. The fourth-order valence-corrected chi connectivity index (χ4v) is 4.28. The summed E-state index contributed by atoms with van der Waals surface area (Å²) in [5.41, 5.74) is 2.45. The van der Waals surface area contributed by atoms with Gasteiger partial charge in [-0.15, -0.1) is 0 Å². The molecule has 2 amide bonds. The van der Waals surface area contributed by atoms with Crippen molar-refractivity contribution in [3.63, 3.8) is 0 Å². The topological polar surface area (TPSA) is 91.6 Å². The molecule has 1 aromatic heterocycles. The summed E-state index contributed by atoms with van der Waals surface area (Å²) in [6, 6.07) is 11.9. The van der Waals surface area contributed by atoms with Crippen LogP contribution in [0.3, 0.4) is 0 Å². The lowest BCUT2D eigenvalue weighted by atomic mass is 10.1. The molecule has 2 aromatic carbocycles. The second-order valence-electron chi connectivity index (χ2n) is 7.54. The van der Waals surface area contributed by atoms with Crippen molar-refractivity contribution in [3.8, 4) is 5.69 Å². The lowest BCUT2D eigenvalue weighted by Crippen LogP contribution is -2.54. The number of thiocarbonyl (C=S) groups is 1. The summed E-state index contributed by atoms with van der Waals surface area (Å²) in [4.78, 5) is 38.7. The van der Waals surface area contributed by atoms with E-state index in [2.05, 4.69) is 5.32 Å². The van der Waals surface area contributed by atoms with E-state index in [1.165, 1.54) is 24.3 Å². The SMILES string of the molecule is Cc1cc(/C=C2\C(=O)NC(=S)N(c3ccc(F)c(Cl)c3)C2=O)c(C)n1-c1ccccc1C(=O)O. The number of anilines is 1. The Bertz CT molecular complexity index is 1430. The summed E-state index contributed by atoms with van der Waals surface area (Å²) < 4.78 is 15.3. The Morgan fingerprint density at radius 3 is 2.53 bits per heavy atom. The maximum Gasteiger partial charge on any atom is 0.337 e. The van der Waals surface area contributed by atoms with E-state index in [0.29, 0.717) is 22.6 Å². The number of rotatable bonds is 4. The first-order valence-corrected chi connectivity index (χ1v) is 10.8. The van der Waals surface area contributed by atoms with Crippen molar-refractivity contribution >= 4 is 58.5 Å². The molecule has 7 nitrogen and oxygen atoms in total. The van der Waals surface area contributed by atoms with Gasteiger partial charge in [-0.05, 0) is 74.1 Å². The van der Waals surface area contributed by atoms with Gasteiger partial charge in [0.2, 0.25) is 0 Å². The number of nitrogens with zero attached hydrogens (tertiary/aromatic N) is 2. The van der Waals surface area contributed by atoms with Gasteiger partial charge in [-0.1, -0.05) is 23.7 Å². The summed E-state index contributed by atoms with van der Waals surface area (Å²) in [6.07, 6.45) is 1.42. The monoisotopic (exact) mass is 497 g/mol. The van der Waals surface area contributed by atoms with Crippen LogP contribution in [0.5, 0.6) is 0 Å². The molecule has 1 aliphatic rings. The van der Waals surface area contributed by atoms with Crippen LogP contribution in [0, 0.1) is 19.7 Å². The quantitative estimate of drug-likeness (QED) is 0.316. The molecular weight excluding hydrogens is 481 g/mol. The van der Waals surface area contributed by atoms with Gasteiger partial charge in [0.25, 0.3) is 11.8 Å². The first-order valence-electron chi connectivity index (χ1n) is 9.98. The Morgan fingerprint density at radius 2 is 1.85 bits per heavy atom. The van der Waals surface area contributed by atoms with Crippen LogP contribution in [0.4, 0.5) is 10.1 Å². The number of carboxylic acids is 1. The molecule has 1 saturated heterocycles. The zero-order valence-electron chi connectivity index (χ0n) is 17.9. The average molecular weight is 498 g/mol. The van der Waals surface area contributed by atoms with Crippen LogP contribution < -0.4 is 10.2 Å². The van der Waals surface area contributed by atoms with Gasteiger partial charge < -0.3 is 9.67 Å². The van der Waals surface area contributed by atoms with E-state index >= 15 is 0 Å². The van der Waals surface area contributed by atoms with Crippen molar-refractivity contribution in [1.29, 1.82) is 0 Å². The lowest BCUT2D eigenvalue weighted by Gasteiger charge is -2.29. The summed E-state index contributed by atoms with van der Waals surface area (Å²) in [6.45, 7) is 3.55. The van der Waals surface area contributed by atoms with Crippen molar-refractivity contribution < 1.29 is 23.9 Å². The smallest absolute Gasteiger partial charge is 0.337 e. The molecule has 1 fully saturated rings. The van der Waals surface area contributed by atoms with E-state index in [1.807, 2.05) is 0 Å². The zero-order chi connectivity index (χ0) is 24.7. The summed E-state index contributed by atoms with van der Waals surface area (Å²) in [5.74, 6) is -3.12. The number of halogens is 2. The second-order valence-corrected chi connectivity index (χ2v) is 8.33. The minimum Gasteiger partial charge on any atom is -0.478 e. The molecule has 2 N–H and O–H groups in total. The number of aryl methyl sites for hydroxylation is 1. The van der Waals surface area contributed by atoms with Crippen LogP contribution in [0.25, 0.3) is 11.8 Å². The molecule has 0 unspecified atom stereocenters. The van der Waals surface area contributed by atoms with Gasteiger partial charge in [-0.25, -0.2) is 9.18 Å². The number of carboxylic acid groups (broad SMARTS) is 1. The van der Waals surface area contributed by atoms with Crippen molar-refractivity contribution in [1.82, 2.24) is 9.88 Å². The van der Waals surface area contributed by atoms with Gasteiger partial charge >= 0.3 is 5.97 Å². The minimum absolute atomic E-state index is 0.111. The standard InChI is InChI=1S/C24H17ClFN3O4S/c1-12-9-14(13(2)28(12)20-6-4-3-5-16(20)23(32)33)10-17-21(30)27-24(34)29(22(17)31)15-7-8-19(26)18(25)11-15/h3-11H,1-2H3,(H,32,33)(H,27,30,34)/b17-10+. The van der Waals surface area contributed by atoms with Crippen molar-refractivity contribution in [2.24, 2.45) is 0 Å². The van der Waals surface area contributed by atoms with Gasteiger partial charge in [0.05, 0.1) is 22.0 Å². The van der Waals surface area contributed by atoms with E-state index in [9.17, 15) is 23.9 Å². The molecule has 0 aliphatic carbocycles. The molecular formula is C24H17ClFN3O4S. The average Bonchev–Trinajstić information content (AvgIpc) is 3.06. The third-order valence-electron chi connectivity index (χ3n) is 5.41. The van der Waals surface area contributed by atoms with Gasteiger partial charge in [0, 0.05) is 11.4 Å². The fraction of sp³-hybridized carbons (Fsp3) is 0.0833. The van der Waals surface area contributed by atoms with E-state index in [0.717, 1.165) is 11.0 Å². The first kappa shape index (κ1) is 23.3. The zero-order valence-corrected chi connectivity index (χ0v) is 19.5. The van der Waals surface area contributed by atoms with Gasteiger partial charge in [0.15, 0.2) is 5.11 Å². The Balaban J connectivity index is 1.80. The normalized spacial score (nSPS) is 15.1. The van der Waals surface area contributed by atoms with Crippen LogP contribution in [-0.2, 0) is 9.59 Å². The molecule has 1 aliphatic heterocycles. The molecule has 0 radical (unpaired) electrons. The number of nitrogens with one attached hydrogen (secondary N) is 1. The predicted molar refractivity (Wildman–Crippen MR) is 130 cm³/mol. The Hall–Kier alpha value is -3.82. The minimum atomic E-state index is -1.08. The number of benzene rings is 2. The third-order valence-corrected chi connectivity index (χ3v) is 5.98. The molecule has 172 valence electrons. The van der Waals surface area contributed by atoms with Crippen LogP contribution in [0.2, 0.25) is 5.02 Å². The van der Waals surface area contributed by atoms with Gasteiger partial charge in [0.1, 0.15) is 11.4 Å². The van der Waals surface area contributed by atoms with E-state index in [-0.39, 0.29) is 27.0 Å². The first-order chi connectivity index (χ1) is 16.1. The molecule has 34 heavy (non-hydrogen) atoms. The number of para-hydroxylation sites is 1. The van der Waals surface area contributed by atoms with Crippen molar-refractivity contribution in [2.75, 3.05) is 4.90 Å². The summed E-state index contributed by atoms with van der Waals surface area (Å²) in [7, 11) is 0. The van der Waals surface area contributed by atoms with Crippen LogP contribution in [0.1, 0.15) is 27.3 Å². The largest absolute Gasteiger partial charge is 0.478 e. The van der Waals surface area contributed by atoms with Crippen LogP contribution >= 0.6 is 23.8 Å². The fourth-order valence-electron chi connectivity index (χ4n) is 3.83. The summed E-state index contributed by atoms with van der Waals surface area (Å²) in [5, 5.41) is 11.7. The van der Waals surface area contributed by atoms with Crippen molar-refractivity contribution in [3.05, 3.63) is 87.5 Å².